The molecule has 0 fully saturated rings. The largest absolute Gasteiger partial charge is 0.351 e. The Morgan fingerprint density at radius 1 is 1.09 bits per heavy atom. The number of amides is 1. The molecule has 0 atom stereocenters. The minimum absolute atomic E-state index is 0.0251. The van der Waals surface area contributed by atoms with E-state index < -0.39 is 0 Å². The predicted molar refractivity (Wildman–Crippen MR) is 125 cm³/mol. The molecule has 0 aliphatic heterocycles. The van der Waals surface area contributed by atoms with Crippen LogP contribution in [0.3, 0.4) is 0 Å². The maximum atomic E-state index is 13.4. The van der Waals surface area contributed by atoms with Gasteiger partial charge >= 0.3 is 0 Å². The zero-order valence-corrected chi connectivity index (χ0v) is 18.2. The monoisotopic (exact) mass is 427 g/mol. The fourth-order valence-corrected chi connectivity index (χ4v) is 3.61. The first-order chi connectivity index (χ1) is 15.5. The van der Waals surface area contributed by atoms with Crippen molar-refractivity contribution in [3.8, 4) is 11.4 Å². The Morgan fingerprint density at radius 3 is 2.50 bits per heavy atom. The molecule has 0 saturated heterocycles. The van der Waals surface area contributed by atoms with Crippen molar-refractivity contribution in [3.63, 3.8) is 0 Å². The number of fused-ring (bicyclic) bond motifs is 1. The number of hydrogen-bond donors (Lipinski definition) is 1. The van der Waals surface area contributed by atoms with E-state index in [1.54, 1.807) is 10.6 Å². The number of benzene rings is 2. The molecule has 0 aliphatic rings. The van der Waals surface area contributed by atoms with Gasteiger partial charge in [-0.1, -0.05) is 66.2 Å². The Morgan fingerprint density at radius 2 is 1.81 bits per heavy atom. The molecule has 1 N–H and O–H groups in total. The van der Waals surface area contributed by atoms with E-state index in [4.69, 9.17) is 0 Å². The van der Waals surface area contributed by atoms with Crippen molar-refractivity contribution in [1.29, 1.82) is 0 Å². The fourth-order valence-electron chi connectivity index (χ4n) is 3.61. The molecule has 2 heterocycles. The lowest BCUT2D eigenvalue weighted by Crippen LogP contribution is -2.32. The van der Waals surface area contributed by atoms with Crippen LogP contribution in [0.5, 0.6) is 0 Å². The van der Waals surface area contributed by atoms with Crippen molar-refractivity contribution in [3.05, 3.63) is 100.0 Å². The summed E-state index contributed by atoms with van der Waals surface area (Å²) in [5.41, 5.74) is 3.99. The van der Waals surface area contributed by atoms with Gasteiger partial charge in [-0.2, -0.15) is 9.50 Å². The summed E-state index contributed by atoms with van der Waals surface area (Å²) in [5, 5.41) is 7.30. The van der Waals surface area contributed by atoms with Crippen LogP contribution in [0.15, 0.2) is 72.0 Å². The molecule has 1 amide bonds. The minimum Gasteiger partial charge on any atom is -0.351 e. The number of hydrogen-bond acceptors (Lipinski definition) is 4. The Labute approximate surface area is 186 Å². The molecule has 7 heteroatoms. The maximum Gasteiger partial charge on any atom is 0.279 e. The number of rotatable bonds is 7. The van der Waals surface area contributed by atoms with Crippen molar-refractivity contribution < 1.29 is 4.79 Å². The lowest BCUT2D eigenvalue weighted by atomic mass is 10.0. The molecule has 7 nitrogen and oxygen atoms in total. The van der Waals surface area contributed by atoms with Crippen LogP contribution in [-0.2, 0) is 17.8 Å². The number of aryl methyl sites for hydroxylation is 1. The van der Waals surface area contributed by atoms with Gasteiger partial charge in [-0.25, -0.2) is 0 Å². The SMILES string of the molecule is C=CCNC(=O)Cn1c(C)c(Cc2ccccc2)c(=O)n2nc(-c3ccc(C)cc3)nc12. The lowest BCUT2D eigenvalue weighted by Gasteiger charge is -2.15. The van der Waals surface area contributed by atoms with E-state index in [1.807, 2.05) is 68.4 Å². The van der Waals surface area contributed by atoms with Crippen LogP contribution in [0.4, 0.5) is 0 Å². The summed E-state index contributed by atoms with van der Waals surface area (Å²) in [5.74, 6) is 0.594. The van der Waals surface area contributed by atoms with Gasteiger partial charge in [0.1, 0.15) is 6.54 Å². The Hall–Kier alpha value is -4.00. The van der Waals surface area contributed by atoms with Gasteiger partial charge in [-0.3, -0.25) is 9.59 Å². The molecular formula is C25H25N5O2. The quantitative estimate of drug-likeness (QED) is 0.460. The second-order valence-corrected chi connectivity index (χ2v) is 7.72. The van der Waals surface area contributed by atoms with Crippen molar-refractivity contribution in [2.24, 2.45) is 0 Å². The van der Waals surface area contributed by atoms with E-state index >= 15 is 0 Å². The summed E-state index contributed by atoms with van der Waals surface area (Å²) in [6.45, 7) is 7.88. The highest BCUT2D eigenvalue weighted by atomic mass is 16.2. The van der Waals surface area contributed by atoms with Gasteiger partial charge in [0.05, 0.1) is 0 Å². The van der Waals surface area contributed by atoms with Crippen LogP contribution >= 0.6 is 0 Å². The molecule has 0 aliphatic carbocycles. The van der Waals surface area contributed by atoms with Crippen LogP contribution in [-0.4, -0.2) is 31.6 Å². The first kappa shape index (κ1) is 21.2. The van der Waals surface area contributed by atoms with E-state index in [-0.39, 0.29) is 18.0 Å². The lowest BCUT2D eigenvalue weighted by molar-refractivity contribution is -0.121. The number of nitrogens with zero attached hydrogens (tertiary/aromatic N) is 4. The minimum atomic E-state index is -0.227. The second-order valence-electron chi connectivity index (χ2n) is 7.72. The smallest absolute Gasteiger partial charge is 0.279 e. The Kier molecular flexibility index (Phi) is 5.98. The maximum absolute atomic E-state index is 13.4. The van der Waals surface area contributed by atoms with Crippen LogP contribution in [0.1, 0.15) is 22.4 Å². The molecular weight excluding hydrogens is 402 g/mol. The van der Waals surface area contributed by atoms with Crippen LogP contribution < -0.4 is 10.9 Å². The molecule has 0 unspecified atom stereocenters. The number of carbonyl (C=O) groups excluding carboxylic acids is 1. The van der Waals surface area contributed by atoms with E-state index in [0.29, 0.717) is 35.8 Å². The Bertz CT molecular complexity index is 1340. The average Bonchev–Trinajstić information content (AvgIpc) is 3.25. The van der Waals surface area contributed by atoms with Gasteiger partial charge in [-0.05, 0) is 19.4 Å². The highest BCUT2D eigenvalue weighted by molar-refractivity contribution is 5.76. The van der Waals surface area contributed by atoms with Gasteiger partial charge < -0.3 is 9.88 Å². The third-order valence-electron chi connectivity index (χ3n) is 5.40. The van der Waals surface area contributed by atoms with E-state index in [0.717, 1.165) is 16.7 Å². The van der Waals surface area contributed by atoms with E-state index in [9.17, 15) is 9.59 Å². The van der Waals surface area contributed by atoms with Crippen LogP contribution in [0.25, 0.3) is 17.2 Å². The van der Waals surface area contributed by atoms with Crippen molar-refractivity contribution in [2.45, 2.75) is 26.8 Å². The molecule has 162 valence electrons. The predicted octanol–water partition coefficient (Wildman–Crippen LogP) is 3.07. The van der Waals surface area contributed by atoms with Crippen LogP contribution in [0.2, 0.25) is 0 Å². The zero-order chi connectivity index (χ0) is 22.7. The number of aromatic nitrogens is 4. The summed E-state index contributed by atoms with van der Waals surface area (Å²) in [4.78, 5) is 30.5. The third kappa shape index (κ3) is 4.23. The molecule has 4 aromatic rings. The molecule has 4 rings (SSSR count). The van der Waals surface area contributed by atoms with Gasteiger partial charge in [0.25, 0.3) is 5.56 Å². The van der Waals surface area contributed by atoms with Gasteiger partial charge in [0, 0.05) is 29.8 Å². The van der Waals surface area contributed by atoms with E-state index in [2.05, 4.69) is 22.0 Å². The summed E-state index contributed by atoms with van der Waals surface area (Å²) in [7, 11) is 0. The molecule has 0 bridgehead atoms. The molecule has 2 aromatic heterocycles. The normalized spacial score (nSPS) is 10.9. The Balaban J connectivity index is 1.88. The first-order valence-electron chi connectivity index (χ1n) is 10.5. The topological polar surface area (TPSA) is 81.3 Å². The molecule has 0 spiro atoms. The van der Waals surface area contributed by atoms with E-state index in [1.165, 1.54) is 4.52 Å². The number of carbonyl (C=O) groups is 1. The number of nitrogens with one attached hydrogen (secondary N) is 1. The highest BCUT2D eigenvalue weighted by Gasteiger charge is 2.20. The molecule has 2 aromatic carbocycles. The fraction of sp³-hybridized carbons (Fsp3) is 0.200. The zero-order valence-electron chi connectivity index (χ0n) is 18.2. The average molecular weight is 428 g/mol. The summed E-state index contributed by atoms with van der Waals surface area (Å²) < 4.78 is 3.06. The molecule has 0 saturated carbocycles. The highest BCUT2D eigenvalue weighted by Crippen LogP contribution is 2.19. The first-order valence-corrected chi connectivity index (χ1v) is 10.5. The molecule has 0 radical (unpaired) electrons. The standard InChI is InChI=1S/C25H25N5O2/c1-4-14-26-22(31)16-29-18(3)21(15-19-8-6-5-7-9-19)24(32)30-25(29)27-23(28-30)20-12-10-17(2)11-13-20/h4-13H,1,14-16H2,2-3H3,(H,26,31). The third-order valence-corrected chi connectivity index (χ3v) is 5.40. The van der Waals surface area contributed by atoms with Gasteiger partial charge in [-0.15, -0.1) is 11.7 Å². The second kappa shape index (κ2) is 9.01. The van der Waals surface area contributed by atoms with Crippen LogP contribution in [0, 0.1) is 13.8 Å². The summed E-state index contributed by atoms with van der Waals surface area (Å²) in [6, 6.07) is 17.6. The molecule has 32 heavy (non-hydrogen) atoms. The van der Waals surface area contributed by atoms with Crippen molar-refractivity contribution >= 4 is 11.7 Å². The van der Waals surface area contributed by atoms with Crippen molar-refractivity contribution in [2.75, 3.05) is 6.54 Å². The van der Waals surface area contributed by atoms with Crippen molar-refractivity contribution in [1.82, 2.24) is 24.5 Å². The van der Waals surface area contributed by atoms with Gasteiger partial charge in [0.15, 0.2) is 5.82 Å². The summed E-state index contributed by atoms with van der Waals surface area (Å²) >= 11 is 0. The summed E-state index contributed by atoms with van der Waals surface area (Å²) in [6.07, 6.45) is 2.06. The van der Waals surface area contributed by atoms with Gasteiger partial charge in [0.2, 0.25) is 11.7 Å².